The van der Waals surface area contributed by atoms with Crippen molar-refractivity contribution in [2.45, 2.75) is 13.0 Å². The van der Waals surface area contributed by atoms with Gasteiger partial charge < -0.3 is 14.4 Å². The van der Waals surface area contributed by atoms with Crippen molar-refractivity contribution in [1.29, 1.82) is 0 Å². The number of carbonyl (C=O) groups is 1. The number of carbonyl (C=O) groups excluding carboxylic acids is 1. The molecule has 0 N–H and O–H groups in total. The maximum Gasteiger partial charge on any atom is 0.229 e. The first-order valence-corrected chi connectivity index (χ1v) is 9.13. The lowest BCUT2D eigenvalue weighted by atomic mass is 9.95. The molecule has 1 aliphatic rings. The van der Waals surface area contributed by atoms with Gasteiger partial charge in [-0.05, 0) is 47.9 Å². The highest BCUT2D eigenvalue weighted by molar-refractivity contribution is 7.00. The highest BCUT2D eigenvalue weighted by Crippen LogP contribution is 2.31. The molecule has 1 atom stereocenters. The van der Waals surface area contributed by atoms with E-state index in [4.69, 9.17) is 9.47 Å². The number of amides is 1. The standard InChI is InChI=1S/C19H19N3O3S/c1-22(10-12-3-5-16-17(7-12)21-26-20-16)19(23)14-8-13-9-15(24-2)4-6-18(13)25-11-14/h3-7,9,14H,8,10-11H2,1-2H3/t14-/m1/s1. The summed E-state index contributed by atoms with van der Waals surface area (Å²) in [5.74, 6) is 1.50. The monoisotopic (exact) mass is 369 g/mol. The van der Waals surface area contributed by atoms with E-state index in [2.05, 4.69) is 8.75 Å². The molecule has 0 bridgehead atoms. The van der Waals surface area contributed by atoms with E-state index in [1.165, 1.54) is 11.7 Å². The van der Waals surface area contributed by atoms with E-state index >= 15 is 0 Å². The summed E-state index contributed by atoms with van der Waals surface area (Å²) in [5, 5.41) is 0. The minimum Gasteiger partial charge on any atom is -0.497 e. The molecule has 1 aliphatic heterocycles. The van der Waals surface area contributed by atoms with Crippen LogP contribution in [0.15, 0.2) is 36.4 Å². The maximum absolute atomic E-state index is 12.9. The SMILES string of the molecule is COc1ccc2c(c1)C[C@@H](C(=O)N(C)Cc1ccc3nsnc3c1)CO2. The zero-order valence-electron chi connectivity index (χ0n) is 14.6. The van der Waals surface area contributed by atoms with Crippen molar-refractivity contribution in [2.75, 3.05) is 20.8 Å². The first-order chi connectivity index (χ1) is 12.6. The third kappa shape index (κ3) is 3.22. The Kier molecular flexibility index (Phi) is 4.46. The van der Waals surface area contributed by atoms with Crippen LogP contribution in [0.4, 0.5) is 0 Å². The van der Waals surface area contributed by atoms with Crippen molar-refractivity contribution in [2.24, 2.45) is 5.92 Å². The number of hydrogen-bond acceptors (Lipinski definition) is 6. The van der Waals surface area contributed by atoms with E-state index in [1.54, 1.807) is 12.0 Å². The van der Waals surface area contributed by atoms with Gasteiger partial charge in [-0.1, -0.05) is 6.07 Å². The normalized spacial score (nSPS) is 16.0. The van der Waals surface area contributed by atoms with E-state index in [9.17, 15) is 4.79 Å². The third-order valence-electron chi connectivity index (χ3n) is 4.64. The summed E-state index contributed by atoms with van der Waals surface area (Å²) in [5.41, 5.74) is 3.81. The summed E-state index contributed by atoms with van der Waals surface area (Å²) in [7, 11) is 3.46. The summed E-state index contributed by atoms with van der Waals surface area (Å²) in [6.45, 7) is 0.936. The predicted molar refractivity (Wildman–Crippen MR) is 99.6 cm³/mol. The van der Waals surface area contributed by atoms with Crippen LogP contribution < -0.4 is 9.47 Å². The van der Waals surface area contributed by atoms with Gasteiger partial charge in [-0.3, -0.25) is 4.79 Å². The van der Waals surface area contributed by atoms with E-state index in [1.807, 2.05) is 43.4 Å². The Morgan fingerprint density at radius 1 is 1.27 bits per heavy atom. The van der Waals surface area contributed by atoms with E-state index < -0.39 is 0 Å². The van der Waals surface area contributed by atoms with Crippen LogP contribution in [-0.4, -0.2) is 40.3 Å². The Bertz CT molecular complexity index is 956. The Hall–Kier alpha value is -2.67. The number of benzene rings is 2. The number of rotatable bonds is 4. The Labute approximate surface area is 155 Å². The van der Waals surface area contributed by atoms with Crippen molar-refractivity contribution < 1.29 is 14.3 Å². The molecule has 0 saturated heterocycles. The number of nitrogens with zero attached hydrogens (tertiary/aromatic N) is 3. The Morgan fingerprint density at radius 3 is 2.96 bits per heavy atom. The molecule has 2 aromatic carbocycles. The maximum atomic E-state index is 12.9. The number of ether oxygens (including phenoxy) is 2. The first kappa shape index (κ1) is 16.8. The van der Waals surface area contributed by atoms with Crippen molar-refractivity contribution in [1.82, 2.24) is 13.6 Å². The minimum atomic E-state index is -0.190. The summed E-state index contributed by atoms with van der Waals surface area (Å²) in [4.78, 5) is 14.6. The molecule has 0 fully saturated rings. The Morgan fingerprint density at radius 2 is 2.12 bits per heavy atom. The molecule has 2 heterocycles. The van der Waals surface area contributed by atoms with E-state index in [-0.39, 0.29) is 11.8 Å². The molecular formula is C19H19N3O3S. The molecule has 4 rings (SSSR count). The van der Waals surface area contributed by atoms with Gasteiger partial charge in [0, 0.05) is 13.6 Å². The molecule has 6 nitrogen and oxygen atoms in total. The van der Waals surface area contributed by atoms with Gasteiger partial charge >= 0.3 is 0 Å². The summed E-state index contributed by atoms with van der Waals surface area (Å²) < 4.78 is 19.5. The predicted octanol–water partition coefficient (Wildman–Crippen LogP) is 2.91. The van der Waals surface area contributed by atoms with E-state index in [0.29, 0.717) is 19.6 Å². The van der Waals surface area contributed by atoms with Crippen LogP contribution in [0, 0.1) is 5.92 Å². The van der Waals surface area contributed by atoms with Gasteiger partial charge in [0.05, 0.1) is 24.8 Å². The molecule has 0 unspecified atom stereocenters. The van der Waals surface area contributed by atoms with Crippen LogP contribution in [0.25, 0.3) is 11.0 Å². The van der Waals surface area contributed by atoms with Gasteiger partial charge in [0.15, 0.2) is 0 Å². The number of fused-ring (bicyclic) bond motifs is 2. The second kappa shape index (κ2) is 6.92. The number of methoxy groups -OCH3 is 1. The summed E-state index contributed by atoms with van der Waals surface area (Å²) >= 11 is 1.20. The lowest BCUT2D eigenvalue weighted by molar-refractivity contribution is -0.136. The molecule has 26 heavy (non-hydrogen) atoms. The quantitative estimate of drug-likeness (QED) is 0.707. The first-order valence-electron chi connectivity index (χ1n) is 8.40. The fraction of sp³-hybridized carbons (Fsp3) is 0.316. The highest BCUT2D eigenvalue weighted by atomic mass is 32.1. The molecule has 0 saturated carbocycles. The molecule has 0 aliphatic carbocycles. The van der Waals surface area contributed by atoms with E-state index in [0.717, 1.165) is 33.7 Å². The highest BCUT2D eigenvalue weighted by Gasteiger charge is 2.28. The van der Waals surface area contributed by atoms with Gasteiger partial charge in [0.25, 0.3) is 0 Å². The fourth-order valence-corrected chi connectivity index (χ4v) is 3.76. The topological polar surface area (TPSA) is 64.5 Å². The Balaban J connectivity index is 1.46. The van der Waals surface area contributed by atoms with Crippen LogP contribution in [-0.2, 0) is 17.8 Å². The van der Waals surface area contributed by atoms with Gasteiger partial charge in [-0.15, -0.1) is 0 Å². The molecule has 0 radical (unpaired) electrons. The summed E-state index contributed by atoms with van der Waals surface area (Å²) in [6, 6.07) is 11.6. The second-order valence-electron chi connectivity index (χ2n) is 6.47. The minimum absolute atomic E-state index is 0.0787. The molecule has 1 aromatic heterocycles. The van der Waals surface area contributed by atoms with Crippen LogP contribution >= 0.6 is 11.7 Å². The van der Waals surface area contributed by atoms with Crippen LogP contribution in [0.2, 0.25) is 0 Å². The molecule has 7 heteroatoms. The molecule has 1 amide bonds. The average molecular weight is 369 g/mol. The average Bonchev–Trinajstić information content (AvgIpc) is 3.14. The van der Waals surface area contributed by atoms with Gasteiger partial charge in [0.1, 0.15) is 29.1 Å². The number of hydrogen-bond donors (Lipinski definition) is 0. The number of aromatic nitrogens is 2. The van der Waals surface area contributed by atoms with Crippen molar-refractivity contribution in [3.8, 4) is 11.5 Å². The van der Waals surface area contributed by atoms with Crippen LogP contribution in [0.3, 0.4) is 0 Å². The zero-order chi connectivity index (χ0) is 18.1. The molecule has 134 valence electrons. The van der Waals surface area contributed by atoms with Crippen molar-refractivity contribution in [3.05, 3.63) is 47.5 Å². The van der Waals surface area contributed by atoms with Crippen LogP contribution in [0.5, 0.6) is 11.5 Å². The van der Waals surface area contributed by atoms with Gasteiger partial charge in [-0.2, -0.15) is 8.75 Å². The fourth-order valence-electron chi connectivity index (χ4n) is 3.25. The smallest absolute Gasteiger partial charge is 0.229 e. The largest absolute Gasteiger partial charge is 0.497 e. The third-order valence-corrected chi connectivity index (χ3v) is 5.19. The van der Waals surface area contributed by atoms with Crippen molar-refractivity contribution >= 4 is 28.7 Å². The second-order valence-corrected chi connectivity index (χ2v) is 7.00. The van der Waals surface area contributed by atoms with Crippen LogP contribution in [0.1, 0.15) is 11.1 Å². The lowest BCUT2D eigenvalue weighted by Gasteiger charge is -2.28. The molecule has 0 spiro atoms. The molecule has 3 aromatic rings. The van der Waals surface area contributed by atoms with Gasteiger partial charge in [-0.25, -0.2) is 0 Å². The zero-order valence-corrected chi connectivity index (χ0v) is 15.5. The molecular weight excluding hydrogens is 350 g/mol. The van der Waals surface area contributed by atoms with Crippen molar-refractivity contribution in [3.63, 3.8) is 0 Å². The summed E-state index contributed by atoms with van der Waals surface area (Å²) in [6.07, 6.45) is 0.657. The lowest BCUT2D eigenvalue weighted by Crippen LogP contribution is -2.38. The van der Waals surface area contributed by atoms with Gasteiger partial charge in [0.2, 0.25) is 5.91 Å².